The maximum Gasteiger partial charge on any atom is 0.305 e. The Morgan fingerprint density at radius 2 is 1.84 bits per heavy atom. The van der Waals surface area contributed by atoms with Gasteiger partial charge in [0.05, 0.1) is 4.92 Å². The number of likely N-dealkylation sites (N-methyl/N-ethyl adjacent to an activating group) is 1. The summed E-state index contributed by atoms with van der Waals surface area (Å²) >= 11 is 0. The molecule has 31 heavy (non-hydrogen) atoms. The molecule has 4 rings (SSSR count). The lowest BCUT2D eigenvalue weighted by Gasteiger charge is -2.35. The van der Waals surface area contributed by atoms with Crippen LogP contribution in [0.2, 0.25) is 0 Å². The van der Waals surface area contributed by atoms with Crippen molar-refractivity contribution in [2.45, 2.75) is 44.6 Å². The number of nitrogens with one attached hydrogen (secondary N) is 1. The molecule has 0 saturated carbocycles. The van der Waals surface area contributed by atoms with Crippen LogP contribution in [0.5, 0.6) is 0 Å². The molecule has 9 nitrogen and oxygen atoms in total. The van der Waals surface area contributed by atoms with E-state index in [0.717, 1.165) is 63.1 Å². The van der Waals surface area contributed by atoms with Gasteiger partial charge in [-0.25, -0.2) is 9.97 Å². The van der Waals surface area contributed by atoms with Crippen molar-refractivity contribution in [3.63, 3.8) is 0 Å². The van der Waals surface area contributed by atoms with Crippen LogP contribution in [0.4, 0.5) is 22.9 Å². The van der Waals surface area contributed by atoms with Crippen molar-refractivity contribution >= 4 is 47.7 Å². The molecule has 170 valence electrons. The minimum Gasteiger partial charge on any atom is -0.398 e. The number of aryl methyl sites for hydroxylation is 1. The molecular weight excluding hydrogens is 441 g/mol. The third kappa shape index (κ3) is 4.78. The number of rotatable bonds is 4. The zero-order chi connectivity index (χ0) is 20.5. The van der Waals surface area contributed by atoms with Gasteiger partial charge in [0, 0.05) is 36.1 Å². The first kappa shape index (κ1) is 24.9. The molecule has 2 heterocycles. The molecular formula is C20H29Cl2N7O2. The Morgan fingerprint density at radius 1 is 1.13 bits per heavy atom. The average molecular weight is 470 g/mol. The van der Waals surface area contributed by atoms with Crippen molar-refractivity contribution in [3.05, 3.63) is 33.5 Å². The lowest BCUT2D eigenvalue weighted by atomic mass is 9.94. The molecule has 1 saturated heterocycles. The fourth-order valence-corrected chi connectivity index (χ4v) is 4.41. The number of nitro benzene ring substituents is 1. The number of nitro groups is 1. The van der Waals surface area contributed by atoms with E-state index in [-0.39, 0.29) is 47.4 Å². The monoisotopic (exact) mass is 469 g/mol. The summed E-state index contributed by atoms with van der Waals surface area (Å²) in [5, 5.41) is 15.1. The summed E-state index contributed by atoms with van der Waals surface area (Å²) in [7, 11) is 1.98. The maximum absolute atomic E-state index is 11.7. The summed E-state index contributed by atoms with van der Waals surface area (Å²) in [6, 6.07) is 3.43. The summed E-state index contributed by atoms with van der Waals surface area (Å²) in [4.78, 5) is 23.1. The highest BCUT2D eigenvalue weighted by Gasteiger charge is 2.30. The van der Waals surface area contributed by atoms with E-state index in [9.17, 15) is 10.1 Å². The van der Waals surface area contributed by atoms with Gasteiger partial charge in [-0.3, -0.25) is 10.1 Å². The Hall–Kier alpha value is -2.36. The summed E-state index contributed by atoms with van der Waals surface area (Å²) in [6.45, 7) is 1.77. The number of nitrogen functional groups attached to an aromatic ring is 2. The lowest BCUT2D eigenvalue weighted by molar-refractivity contribution is -0.383. The summed E-state index contributed by atoms with van der Waals surface area (Å²) < 4.78 is 0. The van der Waals surface area contributed by atoms with Crippen molar-refractivity contribution in [2.75, 3.05) is 36.5 Å². The lowest BCUT2D eigenvalue weighted by Crippen LogP contribution is -2.45. The average Bonchev–Trinajstić information content (AvgIpc) is 2.74. The number of hydrogen-bond acceptors (Lipinski definition) is 8. The number of hydrogen-bond donors (Lipinski definition) is 3. The normalized spacial score (nSPS) is 17.8. The number of nitrogens with zero attached hydrogens (tertiary/aromatic N) is 4. The second kappa shape index (κ2) is 10.3. The Kier molecular flexibility index (Phi) is 8.27. The van der Waals surface area contributed by atoms with Gasteiger partial charge in [0.15, 0.2) is 5.82 Å². The van der Waals surface area contributed by atoms with Gasteiger partial charge in [0.1, 0.15) is 17.1 Å². The van der Waals surface area contributed by atoms with Crippen LogP contribution in [0.3, 0.4) is 0 Å². The molecule has 1 fully saturated rings. The molecule has 11 heteroatoms. The van der Waals surface area contributed by atoms with Crippen molar-refractivity contribution in [1.29, 1.82) is 0 Å². The Balaban J connectivity index is 0.00000171. The topological polar surface area (TPSA) is 136 Å². The number of benzene rings is 1. The molecule has 1 unspecified atom stereocenters. The fourth-order valence-electron chi connectivity index (χ4n) is 4.41. The van der Waals surface area contributed by atoms with E-state index < -0.39 is 4.92 Å². The highest BCUT2D eigenvalue weighted by atomic mass is 35.5. The molecule has 2 aromatic rings. The minimum absolute atomic E-state index is 0. The van der Waals surface area contributed by atoms with E-state index in [0.29, 0.717) is 11.9 Å². The van der Waals surface area contributed by atoms with E-state index in [2.05, 4.69) is 10.2 Å². The second-order valence-electron chi connectivity index (χ2n) is 7.80. The molecule has 1 atom stereocenters. The van der Waals surface area contributed by atoms with Crippen LogP contribution in [0.1, 0.15) is 36.9 Å². The van der Waals surface area contributed by atoms with Gasteiger partial charge in [-0.15, -0.1) is 24.8 Å². The molecule has 5 N–H and O–H groups in total. The SMILES string of the molecule is CNC1CCCN(c2nc(-c3c(N)ccc(N)c3[N+](=O)[O-])nc3c2CCCC3)C1.Cl.Cl. The smallest absolute Gasteiger partial charge is 0.305 e. The Labute approximate surface area is 194 Å². The van der Waals surface area contributed by atoms with Crippen LogP contribution in [0.15, 0.2) is 12.1 Å². The maximum atomic E-state index is 11.7. The number of halogens is 2. The van der Waals surface area contributed by atoms with Gasteiger partial charge in [0.2, 0.25) is 0 Å². The van der Waals surface area contributed by atoms with Gasteiger partial charge >= 0.3 is 5.69 Å². The number of aromatic nitrogens is 2. The van der Waals surface area contributed by atoms with Gasteiger partial charge in [0.25, 0.3) is 0 Å². The van der Waals surface area contributed by atoms with Gasteiger partial charge in [-0.1, -0.05) is 0 Å². The molecule has 0 spiro atoms. The van der Waals surface area contributed by atoms with E-state index in [1.54, 1.807) is 6.07 Å². The largest absolute Gasteiger partial charge is 0.398 e. The number of anilines is 3. The predicted octanol–water partition coefficient (Wildman–Crippen LogP) is 3.13. The molecule has 0 radical (unpaired) electrons. The standard InChI is InChI=1S/C20H27N7O2.2ClH/c1-23-12-5-4-10-26(11-12)20-13-6-2-3-7-16(13)24-19(25-20)17-14(21)8-9-15(22)18(17)27(28)29;;/h8-9,12,23H,2-7,10-11,21-22H2,1H3;2*1H. The van der Waals surface area contributed by atoms with Crippen LogP contribution in [-0.4, -0.2) is 41.1 Å². The second-order valence-corrected chi connectivity index (χ2v) is 7.80. The molecule has 0 bridgehead atoms. The van der Waals surface area contributed by atoms with Crippen molar-refractivity contribution in [2.24, 2.45) is 0 Å². The van der Waals surface area contributed by atoms with Crippen molar-refractivity contribution < 1.29 is 4.92 Å². The molecule has 2 aliphatic rings. The highest BCUT2D eigenvalue weighted by molar-refractivity contribution is 5.87. The summed E-state index contributed by atoms with van der Waals surface area (Å²) in [6.07, 6.45) is 6.13. The van der Waals surface area contributed by atoms with Gasteiger partial charge < -0.3 is 21.7 Å². The first-order valence-electron chi connectivity index (χ1n) is 10.1. The van der Waals surface area contributed by atoms with Crippen molar-refractivity contribution in [1.82, 2.24) is 15.3 Å². The van der Waals surface area contributed by atoms with Crippen LogP contribution in [-0.2, 0) is 12.8 Å². The van der Waals surface area contributed by atoms with Crippen molar-refractivity contribution in [3.8, 4) is 11.4 Å². The van der Waals surface area contributed by atoms with E-state index in [1.807, 2.05) is 7.05 Å². The quantitative estimate of drug-likeness (QED) is 0.352. The number of fused-ring (bicyclic) bond motifs is 1. The summed E-state index contributed by atoms with van der Waals surface area (Å²) in [5.74, 6) is 1.18. The van der Waals surface area contributed by atoms with Gasteiger partial charge in [-0.2, -0.15) is 0 Å². The third-order valence-electron chi connectivity index (χ3n) is 5.94. The zero-order valence-electron chi connectivity index (χ0n) is 17.5. The fraction of sp³-hybridized carbons (Fsp3) is 0.500. The molecule has 0 amide bonds. The third-order valence-corrected chi connectivity index (χ3v) is 5.94. The van der Waals surface area contributed by atoms with E-state index >= 15 is 0 Å². The Morgan fingerprint density at radius 3 is 2.55 bits per heavy atom. The highest BCUT2D eigenvalue weighted by Crippen LogP contribution is 2.40. The van der Waals surface area contributed by atoms with Crippen LogP contribution in [0.25, 0.3) is 11.4 Å². The van der Waals surface area contributed by atoms with E-state index in [4.69, 9.17) is 21.4 Å². The molecule has 1 aliphatic carbocycles. The minimum atomic E-state index is -0.499. The number of piperidine rings is 1. The first-order valence-corrected chi connectivity index (χ1v) is 10.1. The summed E-state index contributed by atoms with van der Waals surface area (Å²) in [5.41, 5.74) is 14.5. The van der Waals surface area contributed by atoms with Gasteiger partial charge in [-0.05, 0) is 57.7 Å². The van der Waals surface area contributed by atoms with Crippen LogP contribution < -0.4 is 21.7 Å². The van der Waals surface area contributed by atoms with E-state index in [1.165, 1.54) is 11.6 Å². The predicted molar refractivity (Wildman–Crippen MR) is 128 cm³/mol. The Bertz CT molecular complexity index is 958. The molecule has 1 aliphatic heterocycles. The molecule has 1 aromatic carbocycles. The molecule has 1 aromatic heterocycles. The first-order chi connectivity index (χ1) is 14.0. The zero-order valence-corrected chi connectivity index (χ0v) is 19.1. The number of nitrogens with two attached hydrogens (primary N) is 2. The van der Waals surface area contributed by atoms with Crippen LogP contribution >= 0.6 is 24.8 Å². The van der Waals surface area contributed by atoms with Crippen LogP contribution in [0, 0.1) is 10.1 Å².